The Kier molecular flexibility index (Phi) is 37.7. The second-order valence-electron chi connectivity index (χ2n) is 46.3. The Bertz CT molecular complexity index is 4330. The van der Waals surface area contributed by atoms with Crippen molar-refractivity contribution < 1.29 is 27.1 Å². The summed E-state index contributed by atoms with van der Waals surface area (Å²) in [5, 5.41) is 65.5. The van der Waals surface area contributed by atoms with Crippen molar-refractivity contribution in [1.29, 1.82) is 31.6 Å². The first-order chi connectivity index (χ1) is 65.0. The Labute approximate surface area is 817 Å². The first-order valence-corrected chi connectivity index (χ1v) is 52.9. The van der Waals surface area contributed by atoms with E-state index in [0.29, 0.717) is 112 Å². The summed E-state index contributed by atoms with van der Waals surface area (Å²) in [6.45, 7) is 36.5. The van der Waals surface area contributed by atoms with E-state index in [2.05, 4.69) is 203 Å². The summed E-state index contributed by atoms with van der Waals surface area (Å²) in [5.74, 6) is 4.38. The largest absolute Gasteiger partial charge is 0.401 e. The van der Waals surface area contributed by atoms with E-state index in [-0.39, 0.29) is 38.5 Å². The average Bonchev–Trinajstić information content (AvgIpc) is 0.758. The van der Waals surface area contributed by atoms with Gasteiger partial charge in [-0.3, -0.25) is 34.3 Å². The molecule has 0 spiro atoms. The number of hydrogen-bond donors (Lipinski definition) is 1. The molecule has 136 heavy (non-hydrogen) atoms. The Hall–Kier alpha value is -7.63. The number of halogens is 5. The molecule has 0 bridgehead atoms. The van der Waals surface area contributed by atoms with Gasteiger partial charge in [-0.2, -0.15) is 44.7 Å². The number of β-amino-alcohol motifs (C(OH)–C–C–N with tert-alkyl or cyclic N) is 1. The van der Waals surface area contributed by atoms with E-state index in [9.17, 15) is 27.1 Å². The molecule has 740 valence electrons. The maximum absolute atomic E-state index is 15.0. The van der Waals surface area contributed by atoms with Crippen LogP contribution >= 0.6 is 0 Å². The molecule has 17 rings (SSSR count). The van der Waals surface area contributed by atoms with Crippen molar-refractivity contribution in [3.05, 3.63) is 179 Å². The molecule has 5 aromatic rings. The summed E-state index contributed by atoms with van der Waals surface area (Å²) >= 11 is 0. The fourth-order valence-corrected chi connectivity index (χ4v) is 26.3. The van der Waals surface area contributed by atoms with E-state index in [4.69, 9.17) is 31.6 Å². The summed E-state index contributed by atoms with van der Waals surface area (Å²) < 4.78 is 68.0. The van der Waals surface area contributed by atoms with Crippen LogP contribution in [0, 0.1) is 130 Å². The van der Waals surface area contributed by atoms with Crippen LogP contribution in [-0.4, -0.2) is 180 Å². The molecular weight excluding hydrogens is 1700 g/mol. The zero-order valence-corrected chi connectivity index (χ0v) is 85.0. The number of aliphatic hydroxyl groups is 1. The highest BCUT2D eigenvalue weighted by Crippen LogP contribution is 2.55. The molecular formula is C117H166F5N13O. The molecule has 0 amide bonds. The number of benzene rings is 5. The van der Waals surface area contributed by atoms with E-state index in [1.54, 1.807) is 4.90 Å². The summed E-state index contributed by atoms with van der Waals surface area (Å²) in [6, 6.07) is 68.9. The van der Waals surface area contributed by atoms with E-state index in [0.717, 1.165) is 189 Å². The van der Waals surface area contributed by atoms with Crippen molar-refractivity contribution >= 4 is 0 Å². The van der Waals surface area contributed by atoms with Gasteiger partial charge in [-0.15, -0.1) is 0 Å². The highest BCUT2D eigenvalue weighted by Gasteiger charge is 2.54. The van der Waals surface area contributed by atoms with Crippen LogP contribution in [0.1, 0.15) is 322 Å². The number of rotatable bonds is 24. The third kappa shape index (κ3) is 26.4. The Morgan fingerprint density at radius 2 is 0.581 bits per heavy atom. The van der Waals surface area contributed by atoms with E-state index in [1.807, 2.05) is 97.9 Å². The van der Waals surface area contributed by atoms with Crippen molar-refractivity contribution in [1.82, 2.24) is 34.3 Å². The molecule has 6 aliphatic heterocycles. The van der Waals surface area contributed by atoms with Gasteiger partial charge >= 0.3 is 6.18 Å². The van der Waals surface area contributed by atoms with Crippen LogP contribution in [-0.2, 0) is 16.9 Å². The van der Waals surface area contributed by atoms with E-state index in [1.165, 1.54) is 88.7 Å². The van der Waals surface area contributed by atoms with Crippen molar-refractivity contribution in [3.63, 3.8) is 0 Å². The number of hydrogen-bond acceptors (Lipinski definition) is 14. The molecule has 0 radical (unpaired) electrons. The monoisotopic (exact) mass is 1860 g/mol. The number of alkyl halides is 5. The Balaban J connectivity index is 0.000000147. The standard InChI is InChI=1S/2C20H27FN2.C20H28N2O.2C20H28N2.C17H28F3N3/c2*1-16(2)19(12-13-22)10-8-18(9-11-19)23-14-20(21,15-23)17-6-4-3-5-7-17;1-16(2)19(12-13-21)10-8-18(9-11-19)22-14-20(23,15-22)17-6-4-3-5-7-17;2*1-16(2)20(12-13-21)10-8-19(9-11-20)22-14-18(15-22)17-6-4-3-5-7-17;1-3-14-12-22(10-11-23(14)13-17(18,19)20)15-4-6-16(2,7-5-15)8-9-21/h2*3-7,16,18H,8-12,14-15H2,1-2H3;3-7,16,18,23H,8-12,14-15H2,1-2H3;2*3-7,16,18-19H,8-12,14-15H2,1-2H3;14-15H,3-8,10-13H2,1-2H3. The number of likely N-dealkylation sites (tertiary alicyclic amines) is 5. The molecule has 1 N–H and O–H groups in total. The van der Waals surface area contributed by atoms with Crippen LogP contribution < -0.4 is 0 Å². The fourth-order valence-electron chi connectivity index (χ4n) is 26.3. The van der Waals surface area contributed by atoms with Crippen molar-refractivity contribution in [2.75, 3.05) is 91.6 Å². The number of nitrogens with zero attached hydrogens (tertiary/aromatic N) is 13. The minimum Gasteiger partial charge on any atom is -0.382 e. The molecule has 5 aromatic carbocycles. The van der Waals surface area contributed by atoms with Gasteiger partial charge in [0.2, 0.25) is 0 Å². The molecule has 0 aromatic heterocycles. The molecule has 14 nitrogen and oxygen atoms in total. The van der Waals surface area contributed by atoms with Crippen LogP contribution in [0.5, 0.6) is 0 Å². The van der Waals surface area contributed by atoms with Crippen LogP contribution in [0.25, 0.3) is 0 Å². The lowest BCUT2D eigenvalue weighted by Crippen LogP contribution is -2.63. The van der Waals surface area contributed by atoms with Gasteiger partial charge in [0.05, 0.1) is 43.0 Å². The Morgan fingerprint density at radius 3 is 0.846 bits per heavy atom. The maximum Gasteiger partial charge on any atom is 0.401 e. The van der Waals surface area contributed by atoms with E-state index < -0.39 is 29.7 Å². The molecule has 6 saturated carbocycles. The van der Waals surface area contributed by atoms with Gasteiger partial charge in [0.15, 0.2) is 11.3 Å². The topological polar surface area (TPSA) is 186 Å². The average molecular weight is 1870 g/mol. The lowest BCUT2D eigenvalue weighted by atomic mass is 9.64. The van der Waals surface area contributed by atoms with Crippen molar-refractivity contribution in [2.24, 2.45) is 62.1 Å². The molecule has 19 heteroatoms. The normalized spacial score (nSPS) is 31.1. The van der Waals surface area contributed by atoms with Gasteiger partial charge in [0.25, 0.3) is 0 Å². The van der Waals surface area contributed by atoms with Gasteiger partial charge in [-0.25, -0.2) is 8.78 Å². The SMILES string of the molecule is CC(C)C1(CC#N)CCC(N2CC(F)(c3ccccc3)C2)CC1.CC(C)C1(CC#N)CCC(N2CC(F)(c3ccccc3)C2)CC1.CC(C)C1(CC#N)CCC(N2CC(O)(c3ccccc3)C2)CC1.CC(C)C1(CC#N)CCC(N2CC(c3ccccc3)C2)CC1.CC(C)C1(CC#N)CCC(N2CC(c3ccccc3)C2)CC1.CCC1CN(C2CCC(C)(CC#N)CC2)CCN1CC(F)(F)F. The van der Waals surface area contributed by atoms with Gasteiger partial charge in [0, 0.05) is 178 Å². The quantitative estimate of drug-likeness (QED) is 0.0575. The first-order valence-electron chi connectivity index (χ1n) is 52.9. The molecule has 1 unspecified atom stereocenters. The van der Waals surface area contributed by atoms with Crippen LogP contribution in [0.3, 0.4) is 0 Å². The van der Waals surface area contributed by atoms with Crippen LogP contribution in [0.4, 0.5) is 22.0 Å². The number of piperazine rings is 1. The second kappa shape index (κ2) is 47.8. The van der Waals surface area contributed by atoms with Crippen LogP contribution in [0.15, 0.2) is 152 Å². The summed E-state index contributed by atoms with van der Waals surface area (Å²) in [4.78, 5) is 16.4. The lowest BCUT2D eigenvalue weighted by Gasteiger charge is -2.53. The third-order valence-corrected chi connectivity index (χ3v) is 37.3. The molecule has 6 saturated heterocycles. The second-order valence-corrected chi connectivity index (χ2v) is 46.3. The zero-order chi connectivity index (χ0) is 97.8. The number of nitriles is 6. The minimum absolute atomic E-state index is 0.00204. The van der Waals surface area contributed by atoms with Crippen molar-refractivity contribution in [2.45, 2.75) is 359 Å². The molecule has 6 aliphatic carbocycles. The predicted octanol–water partition coefficient (Wildman–Crippen LogP) is 26.0. The third-order valence-electron chi connectivity index (χ3n) is 37.3. The zero-order valence-electron chi connectivity index (χ0n) is 85.0. The predicted molar refractivity (Wildman–Crippen MR) is 538 cm³/mol. The van der Waals surface area contributed by atoms with Crippen LogP contribution in [0.2, 0.25) is 0 Å². The summed E-state index contributed by atoms with van der Waals surface area (Å²) in [6.07, 6.45) is 28.4. The van der Waals surface area contributed by atoms with Gasteiger partial charge in [-0.05, 0) is 250 Å². The van der Waals surface area contributed by atoms with Crippen molar-refractivity contribution in [3.8, 4) is 36.4 Å². The Morgan fingerprint density at radius 1 is 0.331 bits per heavy atom. The van der Waals surface area contributed by atoms with E-state index >= 15 is 0 Å². The van der Waals surface area contributed by atoms with Gasteiger partial charge < -0.3 is 5.11 Å². The highest BCUT2D eigenvalue weighted by molar-refractivity contribution is 5.31. The fraction of sp³-hybridized carbons (Fsp3) is 0.692. The minimum atomic E-state index is -4.11. The molecule has 1 atom stereocenters. The first kappa shape index (κ1) is 107. The molecule has 6 heterocycles. The molecule has 12 aliphatic rings. The van der Waals surface area contributed by atoms with Gasteiger partial charge in [-0.1, -0.05) is 235 Å². The van der Waals surface area contributed by atoms with Gasteiger partial charge in [0.1, 0.15) is 5.60 Å². The summed E-state index contributed by atoms with van der Waals surface area (Å²) in [7, 11) is 0. The smallest absolute Gasteiger partial charge is 0.382 e. The summed E-state index contributed by atoms with van der Waals surface area (Å²) in [5.41, 5.74) is 3.94. The maximum atomic E-state index is 15.0. The lowest BCUT2D eigenvalue weighted by molar-refractivity contribution is -0.157. The molecule has 12 fully saturated rings. The highest BCUT2D eigenvalue weighted by atomic mass is 19.4.